The highest BCUT2D eigenvalue weighted by Crippen LogP contribution is 2.17. The van der Waals surface area contributed by atoms with Crippen molar-refractivity contribution in [3.05, 3.63) is 30.1 Å². The van der Waals surface area contributed by atoms with Crippen molar-refractivity contribution in [2.24, 2.45) is 0 Å². The molecule has 1 aromatic carbocycles. The molecule has 0 aliphatic carbocycles. The van der Waals surface area contributed by atoms with Crippen LogP contribution in [-0.2, 0) is 9.53 Å². The van der Waals surface area contributed by atoms with E-state index in [1.165, 1.54) is 13.2 Å². The van der Waals surface area contributed by atoms with E-state index in [0.29, 0.717) is 12.1 Å². The molecule has 0 radical (unpaired) electrons. The Morgan fingerprint density at radius 3 is 2.68 bits per heavy atom. The minimum absolute atomic E-state index is 0.341. The van der Waals surface area contributed by atoms with Crippen molar-refractivity contribution in [2.75, 3.05) is 12.4 Å². The molecule has 106 valence electrons. The summed E-state index contributed by atoms with van der Waals surface area (Å²) in [5.74, 6) is -0.704. The summed E-state index contributed by atoms with van der Waals surface area (Å²) in [4.78, 5) is 11.7. The lowest BCUT2D eigenvalue weighted by atomic mass is 10.1. The standard InChI is InChI=1S/C15H22FNO2/c1-3-4-5-6-11-14(15(18)19-2)17-13-10-8-7-9-12(13)16/h7-10,14,17H,3-6,11H2,1-2H3. The van der Waals surface area contributed by atoms with Gasteiger partial charge in [0.1, 0.15) is 11.9 Å². The second-order valence-corrected chi connectivity index (χ2v) is 4.55. The first-order valence-corrected chi connectivity index (χ1v) is 6.78. The fraction of sp³-hybridized carbons (Fsp3) is 0.533. The first kappa shape index (κ1) is 15.5. The molecule has 0 aliphatic rings. The van der Waals surface area contributed by atoms with E-state index in [0.717, 1.165) is 25.7 Å². The molecule has 19 heavy (non-hydrogen) atoms. The number of esters is 1. The highest BCUT2D eigenvalue weighted by Gasteiger charge is 2.19. The summed E-state index contributed by atoms with van der Waals surface area (Å²) in [6.07, 6.45) is 4.94. The fourth-order valence-corrected chi connectivity index (χ4v) is 1.93. The van der Waals surface area contributed by atoms with Gasteiger partial charge in [0.25, 0.3) is 0 Å². The predicted molar refractivity (Wildman–Crippen MR) is 74.6 cm³/mol. The molecule has 1 rings (SSSR count). The molecule has 0 aromatic heterocycles. The lowest BCUT2D eigenvalue weighted by molar-refractivity contribution is -0.141. The summed E-state index contributed by atoms with van der Waals surface area (Å²) < 4.78 is 18.3. The second kappa shape index (κ2) is 8.51. The SMILES string of the molecule is CCCCCCC(Nc1ccccc1F)C(=O)OC. The smallest absolute Gasteiger partial charge is 0.328 e. The summed E-state index contributed by atoms with van der Waals surface area (Å²) in [6.45, 7) is 2.13. The first-order chi connectivity index (χ1) is 9.19. The summed E-state index contributed by atoms with van der Waals surface area (Å²) >= 11 is 0. The third kappa shape index (κ3) is 5.28. The van der Waals surface area contributed by atoms with E-state index in [4.69, 9.17) is 4.74 Å². The van der Waals surface area contributed by atoms with Crippen LogP contribution in [0.2, 0.25) is 0 Å². The molecule has 1 aromatic rings. The maximum absolute atomic E-state index is 13.5. The van der Waals surface area contributed by atoms with Crippen LogP contribution in [0.5, 0.6) is 0 Å². The Hall–Kier alpha value is -1.58. The quantitative estimate of drug-likeness (QED) is 0.576. The van der Waals surface area contributed by atoms with Gasteiger partial charge in [-0.2, -0.15) is 0 Å². The van der Waals surface area contributed by atoms with Gasteiger partial charge in [-0.05, 0) is 18.6 Å². The highest BCUT2D eigenvalue weighted by molar-refractivity contribution is 5.79. The van der Waals surface area contributed by atoms with Crippen LogP contribution < -0.4 is 5.32 Å². The topological polar surface area (TPSA) is 38.3 Å². The zero-order chi connectivity index (χ0) is 14.1. The molecule has 0 heterocycles. The molecule has 3 nitrogen and oxygen atoms in total. The number of hydrogen-bond donors (Lipinski definition) is 1. The van der Waals surface area contributed by atoms with Crippen molar-refractivity contribution in [3.8, 4) is 0 Å². The minimum atomic E-state index is -0.487. The number of hydrogen-bond acceptors (Lipinski definition) is 3. The van der Waals surface area contributed by atoms with Crippen molar-refractivity contribution in [3.63, 3.8) is 0 Å². The molecule has 0 bridgehead atoms. The number of nitrogens with one attached hydrogen (secondary N) is 1. The average Bonchev–Trinajstić information content (AvgIpc) is 2.43. The molecule has 4 heteroatoms. The van der Waals surface area contributed by atoms with Crippen LogP contribution in [0.25, 0.3) is 0 Å². The van der Waals surface area contributed by atoms with Gasteiger partial charge in [-0.3, -0.25) is 0 Å². The maximum Gasteiger partial charge on any atom is 0.328 e. The molecule has 0 saturated carbocycles. The Kier molecular flexibility index (Phi) is 6.93. The van der Waals surface area contributed by atoms with E-state index in [9.17, 15) is 9.18 Å². The molecule has 0 aliphatic heterocycles. The zero-order valence-electron chi connectivity index (χ0n) is 11.6. The Bertz CT molecular complexity index is 395. The monoisotopic (exact) mass is 267 g/mol. The van der Waals surface area contributed by atoms with Crippen molar-refractivity contribution in [1.29, 1.82) is 0 Å². The van der Waals surface area contributed by atoms with E-state index in [2.05, 4.69) is 12.2 Å². The molecule has 1 unspecified atom stereocenters. The van der Waals surface area contributed by atoms with E-state index in [-0.39, 0.29) is 11.8 Å². The van der Waals surface area contributed by atoms with Gasteiger partial charge in [0, 0.05) is 0 Å². The highest BCUT2D eigenvalue weighted by atomic mass is 19.1. The number of methoxy groups -OCH3 is 1. The van der Waals surface area contributed by atoms with Crippen molar-refractivity contribution in [1.82, 2.24) is 0 Å². The minimum Gasteiger partial charge on any atom is -0.467 e. The largest absolute Gasteiger partial charge is 0.467 e. The Labute approximate surface area is 114 Å². The third-order valence-corrected chi connectivity index (χ3v) is 3.04. The van der Waals surface area contributed by atoms with Gasteiger partial charge in [0.05, 0.1) is 12.8 Å². The number of benzene rings is 1. The number of carbonyl (C=O) groups excluding carboxylic acids is 1. The van der Waals surface area contributed by atoms with Gasteiger partial charge < -0.3 is 10.1 Å². The number of carbonyl (C=O) groups is 1. The van der Waals surface area contributed by atoms with E-state index >= 15 is 0 Å². The Balaban J connectivity index is 2.59. The molecule has 0 amide bonds. The van der Waals surface area contributed by atoms with Crippen LogP contribution >= 0.6 is 0 Å². The molecule has 1 atom stereocenters. The van der Waals surface area contributed by atoms with Gasteiger partial charge >= 0.3 is 5.97 Å². The number of para-hydroxylation sites is 1. The summed E-state index contributed by atoms with van der Waals surface area (Å²) in [6, 6.07) is 5.86. The Morgan fingerprint density at radius 2 is 2.05 bits per heavy atom. The van der Waals surface area contributed by atoms with Crippen molar-refractivity contribution in [2.45, 2.75) is 45.1 Å². The van der Waals surface area contributed by atoms with Gasteiger partial charge in [0.15, 0.2) is 0 Å². The predicted octanol–water partition coefficient (Wildman–Crippen LogP) is 3.75. The fourth-order valence-electron chi connectivity index (χ4n) is 1.93. The summed E-state index contributed by atoms with van der Waals surface area (Å²) in [5.41, 5.74) is 0.341. The van der Waals surface area contributed by atoms with E-state index in [1.54, 1.807) is 18.2 Å². The number of rotatable bonds is 8. The van der Waals surface area contributed by atoms with Crippen LogP contribution in [0.4, 0.5) is 10.1 Å². The third-order valence-electron chi connectivity index (χ3n) is 3.04. The van der Waals surface area contributed by atoms with Crippen LogP contribution in [-0.4, -0.2) is 19.1 Å². The number of halogens is 1. The molecule has 0 fully saturated rings. The number of ether oxygens (including phenoxy) is 1. The normalized spacial score (nSPS) is 11.9. The molecular formula is C15H22FNO2. The molecule has 0 saturated heterocycles. The lowest BCUT2D eigenvalue weighted by Gasteiger charge is -2.18. The van der Waals surface area contributed by atoms with E-state index < -0.39 is 6.04 Å². The second-order valence-electron chi connectivity index (χ2n) is 4.55. The molecular weight excluding hydrogens is 245 g/mol. The summed E-state index contributed by atoms with van der Waals surface area (Å²) in [7, 11) is 1.35. The first-order valence-electron chi connectivity index (χ1n) is 6.78. The average molecular weight is 267 g/mol. The number of unbranched alkanes of at least 4 members (excludes halogenated alkanes) is 3. The van der Waals surface area contributed by atoms with Crippen LogP contribution in [0.1, 0.15) is 39.0 Å². The van der Waals surface area contributed by atoms with E-state index in [1.807, 2.05) is 0 Å². The van der Waals surface area contributed by atoms with Crippen LogP contribution in [0.3, 0.4) is 0 Å². The molecule has 1 N–H and O–H groups in total. The van der Waals surface area contributed by atoms with Gasteiger partial charge in [-0.15, -0.1) is 0 Å². The van der Waals surface area contributed by atoms with Crippen LogP contribution in [0, 0.1) is 5.82 Å². The zero-order valence-corrected chi connectivity index (χ0v) is 11.6. The maximum atomic E-state index is 13.5. The Morgan fingerprint density at radius 1 is 1.32 bits per heavy atom. The summed E-state index contributed by atoms with van der Waals surface area (Å²) in [5, 5.41) is 2.93. The lowest BCUT2D eigenvalue weighted by Crippen LogP contribution is -2.31. The van der Waals surface area contributed by atoms with Gasteiger partial charge in [-0.25, -0.2) is 9.18 Å². The van der Waals surface area contributed by atoms with Gasteiger partial charge in [0.2, 0.25) is 0 Å². The van der Waals surface area contributed by atoms with Crippen molar-refractivity contribution < 1.29 is 13.9 Å². The van der Waals surface area contributed by atoms with Crippen LogP contribution in [0.15, 0.2) is 24.3 Å². The van der Waals surface area contributed by atoms with Crippen molar-refractivity contribution >= 4 is 11.7 Å². The van der Waals surface area contributed by atoms with Gasteiger partial charge in [-0.1, -0.05) is 44.7 Å². The number of anilines is 1. The molecule has 0 spiro atoms.